The van der Waals surface area contributed by atoms with Crippen LogP contribution in [0, 0.1) is 0 Å². The zero-order valence-corrected chi connectivity index (χ0v) is 15.2. The van der Waals surface area contributed by atoms with Crippen LogP contribution >= 0.6 is 0 Å². The molecule has 10 nitrogen and oxygen atoms in total. The van der Waals surface area contributed by atoms with E-state index in [-0.39, 0.29) is 12.5 Å². The van der Waals surface area contributed by atoms with Crippen LogP contribution in [-0.4, -0.2) is 52.3 Å². The van der Waals surface area contributed by atoms with Gasteiger partial charge in [0.05, 0.1) is 32.6 Å². The van der Waals surface area contributed by atoms with Crippen LogP contribution in [0.3, 0.4) is 0 Å². The molecule has 0 fully saturated rings. The number of hydrogen-bond acceptors (Lipinski definition) is 7. The fourth-order valence-electron chi connectivity index (χ4n) is 2.37. The van der Waals surface area contributed by atoms with Crippen molar-refractivity contribution in [3.63, 3.8) is 0 Å². The molecule has 2 N–H and O–H groups in total. The van der Waals surface area contributed by atoms with Gasteiger partial charge in [0.15, 0.2) is 17.3 Å². The minimum absolute atomic E-state index is 0.196. The van der Waals surface area contributed by atoms with Crippen LogP contribution in [-0.2, 0) is 4.79 Å². The van der Waals surface area contributed by atoms with E-state index in [0.717, 1.165) is 0 Å². The lowest BCUT2D eigenvalue weighted by Gasteiger charge is -2.10. The SMILES string of the molecule is COc1ccc(C(=O)NCC(=O)Nc2ccc(-n3cncn3)nc2)cc1OC. The van der Waals surface area contributed by atoms with Crippen molar-refractivity contribution in [3.05, 3.63) is 54.7 Å². The maximum atomic E-state index is 12.2. The summed E-state index contributed by atoms with van der Waals surface area (Å²) in [5.74, 6) is 0.717. The fourth-order valence-corrected chi connectivity index (χ4v) is 2.37. The molecule has 0 unspecified atom stereocenters. The highest BCUT2D eigenvalue weighted by atomic mass is 16.5. The third kappa shape index (κ3) is 4.41. The summed E-state index contributed by atoms with van der Waals surface area (Å²) in [5.41, 5.74) is 0.846. The lowest BCUT2D eigenvalue weighted by atomic mass is 10.2. The first-order chi connectivity index (χ1) is 13.6. The van der Waals surface area contributed by atoms with Crippen molar-refractivity contribution >= 4 is 17.5 Å². The van der Waals surface area contributed by atoms with Crippen LogP contribution in [0.1, 0.15) is 10.4 Å². The highest BCUT2D eigenvalue weighted by Crippen LogP contribution is 2.27. The number of carbonyl (C=O) groups is 2. The first-order valence-corrected chi connectivity index (χ1v) is 8.22. The van der Waals surface area contributed by atoms with Crippen molar-refractivity contribution in [1.82, 2.24) is 25.1 Å². The number of carbonyl (C=O) groups excluding carboxylic acids is 2. The number of rotatable bonds is 7. The van der Waals surface area contributed by atoms with Crippen LogP contribution in [0.4, 0.5) is 5.69 Å². The Morgan fingerprint density at radius 3 is 2.57 bits per heavy atom. The molecule has 0 saturated heterocycles. The Morgan fingerprint density at radius 2 is 1.93 bits per heavy atom. The second-order valence-electron chi connectivity index (χ2n) is 5.55. The lowest BCUT2D eigenvalue weighted by Crippen LogP contribution is -2.32. The first kappa shape index (κ1) is 18.8. The van der Waals surface area contributed by atoms with E-state index in [2.05, 4.69) is 25.7 Å². The van der Waals surface area contributed by atoms with Crippen molar-refractivity contribution in [2.45, 2.75) is 0 Å². The van der Waals surface area contributed by atoms with E-state index in [1.54, 1.807) is 30.3 Å². The van der Waals surface area contributed by atoms with Crippen LogP contribution < -0.4 is 20.1 Å². The molecule has 2 aromatic heterocycles. The average molecular weight is 382 g/mol. The highest BCUT2D eigenvalue weighted by Gasteiger charge is 2.12. The lowest BCUT2D eigenvalue weighted by molar-refractivity contribution is -0.115. The minimum atomic E-state index is -0.407. The van der Waals surface area contributed by atoms with Gasteiger partial charge in [0.2, 0.25) is 5.91 Å². The zero-order chi connectivity index (χ0) is 19.9. The molecular weight excluding hydrogens is 364 g/mol. The van der Waals surface area contributed by atoms with Gasteiger partial charge in [-0.25, -0.2) is 14.6 Å². The Kier molecular flexibility index (Phi) is 5.80. The zero-order valence-electron chi connectivity index (χ0n) is 15.2. The Labute approximate surface area is 160 Å². The fraction of sp³-hybridized carbons (Fsp3) is 0.167. The molecule has 144 valence electrons. The Balaban J connectivity index is 1.54. The Morgan fingerprint density at radius 1 is 1.11 bits per heavy atom. The van der Waals surface area contributed by atoms with Gasteiger partial charge in [0.1, 0.15) is 12.7 Å². The quantitative estimate of drug-likeness (QED) is 0.626. The van der Waals surface area contributed by atoms with Gasteiger partial charge in [0.25, 0.3) is 5.91 Å². The van der Waals surface area contributed by atoms with Gasteiger partial charge in [-0.3, -0.25) is 9.59 Å². The van der Waals surface area contributed by atoms with Gasteiger partial charge in [0, 0.05) is 5.56 Å². The van der Waals surface area contributed by atoms with Gasteiger partial charge in [-0.1, -0.05) is 0 Å². The number of anilines is 1. The van der Waals surface area contributed by atoms with Crippen molar-refractivity contribution in [2.75, 3.05) is 26.1 Å². The summed E-state index contributed by atoms with van der Waals surface area (Å²) in [6.07, 6.45) is 4.41. The van der Waals surface area contributed by atoms with E-state index in [1.807, 2.05) is 0 Å². The smallest absolute Gasteiger partial charge is 0.251 e. The number of methoxy groups -OCH3 is 2. The predicted molar refractivity (Wildman–Crippen MR) is 99.7 cm³/mol. The van der Waals surface area contributed by atoms with Crippen molar-refractivity contribution in [2.24, 2.45) is 0 Å². The number of hydrogen-bond donors (Lipinski definition) is 2. The molecular formula is C18H18N6O4. The van der Waals surface area contributed by atoms with Crippen molar-refractivity contribution < 1.29 is 19.1 Å². The maximum absolute atomic E-state index is 12.2. The van der Waals surface area contributed by atoms with E-state index in [1.165, 1.54) is 37.8 Å². The normalized spacial score (nSPS) is 10.2. The largest absolute Gasteiger partial charge is 0.493 e. The third-order valence-electron chi connectivity index (χ3n) is 3.74. The molecule has 0 aliphatic heterocycles. The molecule has 0 aliphatic carbocycles. The molecule has 3 rings (SSSR count). The topological polar surface area (TPSA) is 120 Å². The molecule has 0 saturated carbocycles. The number of pyridine rings is 1. The molecule has 2 heterocycles. The van der Waals surface area contributed by atoms with Gasteiger partial charge in [-0.2, -0.15) is 5.10 Å². The van der Waals surface area contributed by atoms with E-state index in [9.17, 15) is 9.59 Å². The Hall–Kier alpha value is -3.95. The summed E-state index contributed by atoms with van der Waals surface area (Å²) >= 11 is 0. The monoisotopic (exact) mass is 382 g/mol. The number of benzene rings is 1. The molecule has 10 heteroatoms. The van der Waals surface area contributed by atoms with Crippen molar-refractivity contribution in [3.8, 4) is 17.3 Å². The van der Waals surface area contributed by atoms with Gasteiger partial charge in [-0.05, 0) is 30.3 Å². The summed E-state index contributed by atoms with van der Waals surface area (Å²) in [7, 11) is 2.99. The first-order valence-electron chi connectivity index (χ1n) is 8.22. The summed E-state index contributed by atoms with van der Waals surface area (Å²) in [5, 5.41) is 9.18. The molecule has 0 atom stereocenters. The molecule has 0 bridgehead atoms. The second kappa shape index (κ2) is 8.62. The van der Waals surface area contributed by atoms with E-state index in [4.69, 9.17) is 9.47 Å². The van der Waals surface area contributed by atoms with Crippen LogP contribution in [0.2, 0.25) is 0 Å². The summed E-state index contributed by atoms with van der Waals surface area (Å²) in [6.45, 7) is -0.196. The standard InChI is InChI=1S/C18H18N6O4/c1-27-14-5-3-12(7-15(14)28-2)18(26)21-9-17(25)23-13-4-6-16(20-8-13)24-11-19-10-22-24/h3-8,10-11H,9H2,1-2H3,(H,21,26)(H,23,25). The third-order valence-corrected chi connectivity index (χ3v) is 3.74. The molecule has 1 aromatic carbocycles. The minimum Gasteiger partial charge on any atom is -0.493 e. The summed E-state index contributed by atoms with van der Waals surface area (Å²) < 4.78 is 11.8. The number of nitrogens with one attached hydrogen (secondary N) is 2. The molecule has 2 amide bonds. The molecule has 0 radical (unpaired) electrons. The molecule has 0 aliphatic rings. The van der Waals surface area contributed by atoms with Crippen LogP contribution in [0.25, 0.3) is 5.82 Å². The van der Waals surface area contributed by atoms with Gasteiger partial charge in [-0.15, -0.1) is 0 Å². The van der Waals surface area contributed by atoms with Crippen LogP contribution in [0.5, 0.6) is 11.5 Å². The van der Waals surface area contributed by atoms with Crippen LogP contribution in [0.15, 0.2) is 49.2 Å². The average Bonchev–Trinajstić information content (AvgIpc) is 3.27. The maximum Gasteiger partial charge on any atom is 0.251 e. The highest BCUT2D eigenvalue weighted by molar-refractivity contribution is 5.99. The number of ether oxygens (including phenoxy) is 2. The van der Waals surface area contributed by atoms with E-state index >= 15 is 0 Å². The molecule has 3 aromatic rings. The molecule has 0 spiro atoms. The Bertz CT molecular complexity index is 957. The summed E-state index contributed by atoms with van der Waals surface area (Å²) in [6, 6.07) is 8.11. The predicted octanol–water partition coefficient (Wildman–Crippen LogP) is 1.05. The van der Waals surface area contributed by atoms with E-state index < -0.39 is 5.91 Å². The van der Waals surface area contributed by atoms with Gasteiger partial charge >= 0.3 is 0 Å². The number of nitrogens with zero attached hydrogens (tertiary/aromatic N) is 4. The van der Waals surface area contributed by atoms with E-state index in [0.29, 0.717) is 28.6 Å². The van der Waals surface area contributed by atoms with Gasteiger partial charge < -0.3 is 20.1 Å². The second-order valence-corrected chi connectivity index (χ2v) is 5.55. The van der Waals surface area contributed by atoms with Crippen molar-refractivity contribution in [1.29, 1.82) is 0 Å². The number of amides is 2. The number of aromatic nitrogens is 4. The summed E-state index contributed by atoms with van der Waals surface area (Å²) in [4.78, 5) is 32.3. The molecule has 28 heavy (non-hydrogen) atoms.